The molecule has 3 aromatic rings. The first-order valence-electron chi connectivity index (χ1n) is 9.83. The van der Waals surface area contributed by atoms with Crippen LogP contribution in [0.15, 0.2) is 54.6 Å². The molecule has 0 unspecified atom stereocenters. The van der Waals surface area contributed by atoms with Gasteiger partial charge in [0.15, 0.2) is 5.13 Å². The Morgan fingerprint density at radius 2 is 1.80 bits per heavy atom. The number of hydrogen-bond acceptors (Lipinski definition) is 6. The molecule has 0 saturated heterocycles. The van der Waals surface area contributed by atoms with Crippen LogP contribution in [0.25, 0.3) is 16.3 Å². The molecule has 30 heavy (non-hydrogen) atoms. The van der Waals surface area contributed by atoms with Gasteiger partial charge in [0, 0.05) is 31.3 Å². The second-order valence-electron chi connectivity index (χ2n) is 6.66. The van der Waals surface area contributed by atoms with Crippen LogP contribution in [0.1, 0.15) is 19.4 Å². The fourth-order valence-electron chi connectivity index (χ4n) is 3.02. The number of aromatic nitrogens is 1. The zero-order valence-corrected chi connectivity index (χ0v) is 17.8. The highest BCUT2D eigenvalue weighted by molar-refractivity contribution is 7.22. The third-order valence-electron chi connectivity index (χ3n) is 4.84. The molecule has 1 heterocycles. The van der Waals surface area contributed by atoms with Crippen LogP contribution in [0, 0.1) is 10.1 Å². The maximum atomic E-state index is 13.0. The van der Waals surface area contributed by atoms with Crippen molar-refractivity contribution in [1.29, 1.82) is 0 Å². The summed E-state index contributed by atoms with van der Waals surface area (Å²) < 4.78 is 1.03. The standard InChI is InChI=1S/C22H24N4O3S/c1-3-24(4-2)15-16-25(22-23-19-7-5-6-8-20(19)30-22)21(27)14-11-17-9-12-18(13-10-17)26(28)29/h5-14H,3-4,15-16H2,1-2H3/b14-11-. The Morgan fingerprint density at radius 1 is 1.10 bits per heavy atom. The molecule has 0 saturated carbocycles. The van der Waals surface area contributed by atoms with Gasteiger partial charge in [-0.05, 0) is 49.0 Å². The molecule has 0 atom stereocenters. The number of carbonyl (C=O) groups is 1. The average Bonchev–Trinajstić information content (AvgIpc) is 3.19. The van der Waals surface area contributed by atoms with Gasteiger partial charge in [0.05, 0.1) is 15.1 Å². The van der Waals surface area contributed by atoms with Crippen LogP contribution >= 0.6 is 11.3 Å². The lowest BCUT2D eigenvalue weighted by molar-refractivity contribution is -0.384. The Hall–Kier alpha value is -3.10. The number of para-hydroxylation sites is 1. The van der Waals surface area contributed by atoms with E-state index in [1.807, 2.05) is 24.3 Å². The van der Waals surface area contributed by atoms with Crippen LogP contribution in [0.3, 0.4) is 0 Å². The van der Waals surface area contributed by atoms with E-state index in [1.165, 1.54) is 29.5 Å². The highest BCUT2D eigenvalue weighted by atomic mass is 32.1. The molecule has 8 heteroatoms. The van der Waals surface area contributed by atoms with Gasteiger partial charge in [0.25, 0.3) is 11.6 Å². The summed E-state index contributed by atoms with van der Waals surface area (Å²) in [4.78, 5) is 32.0. The topological polar surface area (TPSA) is 79.6 Å². The smallest absolute Gasteiger partial charge is 0.269 e. The second-order valence-corrected chi connectivity index (χ2v) is 7.67. The summed E-state index contributed by atoms with van der Waals surface area (Å²) in [6.07, 6.45) is 3.17. The molecule has 0 aliphatic rings. The third kappa shape index (κ3) is 5.28. The minimum atomic E-state index is -0.444. The summed E-state index contributed by atoms with van der Waals surface area (Å²) in [5, 5.41) is 11.5. The van der Waals surface area contributed by atoms with Crippen molar-refractivity contribution in [3.8, 4) is 0 Å². The van der Waals surface area contributed by atoms with Gasteiger partial charge < -0.3 is 4.90 Å². The average molecular weight is 425 g/mol. The number of amides is 1. The summed E-state index contributed by atoms with van der Waals surface area (Å²) in [6, 6.07) is 13.9. The van der Waals surface area contributed by atoms with E-state index in [4.69, 9.17) is 0 Å². The normalized spacial score (nSPS) is 11.4. The van der Waals surface area contributed by atoms with Crippen LogP contribution < -0.4 is 4.90 Å². The molecule has 7 nitrogen and oxygen atoms in total. The number of thiazole rings is 1. The molecule has 0 spiro atoms. The molecule has 1 aromatic heterocycles. The minimum Gasteiger partial charge on any atom is -0.302 e. The Kier molecular flexibility index (Phi) is 7.26. The van der Waals surface area contributed by atoms with Gasteiger partial charge in [-0.15, -0.1) is 0 Å². The van der Waals surface area contributed by atoms with Crippen molar-refractivity contribution in [1.82, 2.24) is 9.88 Å². The van der Waals surface area contributed by atoms with E-state index in [-0.39, 0.29) is 11.6 Å². The number of carbonyl (C=O) groups excluding carboxylic acids is 1. The van der Waals surface area contributed by atoms with Gasteiger partial charge >= 0.3 is 0 Å². The van der Waals surface area contributed by atoms with E-state index in [1.54, 1.807) is 23.1 Å². The number of hydrogen-bond donors (Lipinski definition) is 0. The number of non-ortho nitro benzene ring substituents is 1. The van der Waals surface area contributed by atoms with Crippen molar-refractivity contribution in [2.75, 3.05) is 31.1 Å². The summed E-state index contributed by atoms with van der Waals surface area (Å²) in [5.74, 6) is -0.167. The molecular weight excluding hydrogens is 400 g/mol. The highest BCUT2D eigenvalue weighted by Crippen LogP contribution is 2.29. The lowest BCUT2D eigenvalue weighted by Crippen LogP contribution is -2.38. The van der Waals surface area contributed by atoms with Crippen LogP contribution in [-0.2, 0) is 4.79 Å². The molecule has 156 valence electrons. The minimum absolute atomic E-state index is 0.0220. The number of nitro benzene ring substituents is 1. The van der Waals surface area contributed by atoms with E-state index in [9.17, 15) is 14.9 Å². The maximum absolute atomic E-state index is 13.0. The van der Waals surface area contributed by atoms with Crippen molar-refractivity contribution < 1.29 is 9.72 Å². The van der Waals surface area contributed by atoms with Crippen molar-refractivity contribution in [3.63, 3.8) is 0 Å². The molecule has 0 radical (unpaired) electrons. The van der Waals surface area contributed by atoms with Crippen LogP contribution in [-0.4, -0.2) is 46.9 Å². The Labute approximate surface area is 179 Å². The first-order chi connectivity index (χ1) is 14.5. The second kappa shape index (κ2) is 10.1. The molecule has 0 aliphatic carbocycles. The van der Waals surface area contributed by atoms with E-state index in [2.05, 4.69) is 23.7 Å². The lowest BCUT2D eigenvalue weighted by atomic mass is 10.2. The zero-order chi connectivity index (χ0) is 21.5. The molecule has 0 aliphatic heterocycles. The number of likely N-dealkylation sites (N-methyl/N-ethyl adjacent to an activating group) is 1. The van der Waals surface area contributed by atoms with Gasteiger partial charge in [-0.2, -0.15) is 0 Å². The number of anilines is 1. The van der Waals surface area contributed by atoms with Crippen molar-refractivity contribution in [2.24, 2.45) is 0 Å². The van der Waals surface area contributed by atoms with Gasteiger partial charge in [-0.1, -0.05) is 37.3 Å². The summed E-state index contributed by atoms with van der Waals surface area (Å²) >= 11 is 1.49. The monoisotopic (exact) mass is 424 g/mol. The van der Waals surface area contributed by atoms with Crippen molar-refractivity contribution in [3.05, 3.63) is 70.3 Å². The van der Waals surface area contributed by atoms with Crippen LogP contribution in [0.4, 0.5) is 10.8 Å². The summed E-state index contributed by atoms with van der Waals surface area (Å²) in [6.45, 7) is 7.31. The Bertz CT molecular complexity index is 1010. The summed E-state index contributed by atoms with van der Waals surface area (Å²) in [7, 11) is 0. The quantitative estimate of drug-likeness (QED) is 0.285. The van der Waals surface area contributed by atoms with Gasteiger partial charge in [-0.3, -0.25) is 19.8 Å². The van der Waals surface area contributed by atoms with Crippen LogP contribution in [0.5, 0.6) is 0 Å². The number of nitro groups is 1. The fraction of sp³-hybridized carbons (Fsp3) is 0.273. The molecule has 3 rings (SSSR count). The predicted octanol–water partition coefficient (Wildman–Crippen LogP) is 4.59. The zero-order valence-electron chi connectivity index (χ0n) is 17.0. The number of nitrogens with zero attached hydrogens (tertiary/aromatic N) is 4. The molecule has 0 N–H and O–H groups in total. The molecule has 0 fully saturated rings. The molecule has 0 bridgehead atoms. The molecule has 2 aromatic carbocycles. The third-order valence-corrected chi connectivity index (χ3v) is 5.90. The largest absolute Gasteiger partial charge is 0.302 e. The number of fused-ring (bicyclic) bond motifs is 1. The SMILES string of the molecule is CCN(CC)CCN(C(=O)/C=C\c1ccc([N+](=O)[O-])cc1)c1nc2ccccc2s1. The first-order valence-corrected chi connectivity index (χ1v) is 10.7. The van der Waals surface area contributed by atoms with E-state index >= 15 is 0 Å². The van der Waals surface area contributed by atoms with Gasteiger partial charge in [0.2, 0.25) is 0 Å². The molecular formula is C22H24N4O3S. The summed E-state index contributed by atoms with van der Waals surface area (Å²) in [5.41, 5.74) is 1.62. The predicted molar refractivity (Wildman–Crippen MR) is 122 cm³/mol. The first kappa shape index (κ1) is 21.6. The van der Waals surface area contributed by atoms with Gasteiger partial charge in [0.1, 0.15) is 0 Å². The highest BCUT2D eigenvalue weighted by Gasteiger charge is 2.18. The maximum Gasteiger partial charge on any atom is 0.269 e. The van der Waals surface area contributed by atoms with E-state index < -0.39 is 4.92 Å². The van der Waals surface area contributed by atoms with Crippen molar-refractivity contribution in [2.45, 2.75) is 13.8 Å². The Balaban J connectivity index is 1.82. The van der Waals surface area contributed by atoms with E-state index in [0.29, 0.717) is 11.7 Å². The Morgan fingerprint density at radius 3 is 2.43 bits per heavy atom. The number of rotatable bonds is 9. The lowest BCUT2D eigenvalue weighted by Gasteiger charge is -2.23. The van der Waals surface area contributed by atoms with Crippen LogP contribution in [0.2, 0.25) is 0 Å². The number of benzene rings is 2. The van der Waals surface area contributed by atoms with E-state index in [0.717, 1.165) is 35.4 Å². The van der Waals surface area contributed by atoms with Gasteiger partial charge in [-0.25, -0.2) is 4.98 Å². The van der Waals surface area contributed by atoms with Crippen molar-refractivity contribution >= 4 is 44.4 Å². The molecule has 1 amide bonds. The fourth-order valence-corrected chi connectivity index (χ4v) is 4.02.